The van der Waals surface area contributed by atoms with Crippen LogP contribution in [-0.4, -0.2) is 19.6 Å². The minimum absolute atomic E-state index is 0.0263. The molecule has 0 aliphatic carbocycles. The molecule has 24 heavy (non-hydrogen) atoms. The summed E-state index contributed by atoms with van der Waals surface area (Å²) >= 11 is 9.44. The van der Waals surface area contributed by atoms with Gasteiger partial charge in [-0.1, -0.05) is 23.7 Å². The van der Waals surface area contributed by atoms with Crippen LogP contribution in [0.2, 0.25) is 5.02 Å². The first-order chi connectivity index (χ1) is 11.4. The summed E-state index contributed by atoms with van der Waals surface area (Å²) in [6.45, 7) is 4.14. The number of benzene rings is 2. The molecule has 2 aromatic carbocycles. The van der Waals surface area contributed by atoms with Crippen molar-refractivity contribution in [1.82, 2.24) is 5.32 Å². The van der Waals surface area contributed by atoms with Crippen molar-refractivity contribution >= 4 is 39.1 Å². The number of aryl methyl sites for hydroxylation is 1. The number of methoxy groups -OCH3 is 1. The van der Waals surface area contributed by atoms with Gasteiger partial charge in [-0.15, -0.1) is 0 Å². The normalized spacial score (nSPS) is 11.9. The van der Waals surface area contributed by atoms with Gasteiger partial charge in [0.1, 0.15) is 5.75 Å². The Bertz CT molecular complexity index is 737. The van der Waals surface area contributed by atoms with Gasteiger partial charge in [0.2, 0.25) is 5.91 Å². The molecule has 6 heteroatoms. The Balaban J connectivity index is 1.93. The highest BCUT2D eigenvalue weighted by Gasteiger charge is 2.11. The van der Waals surface area contributed by atoms with Crippen LogP contribution in [0.5, 0.6) is 5.75 Å². The summed E-state index contributed by atoms with van der Waals surface area (Å²) in [6, 6.07) is 11.3. The highest BCUT2D eigenvalue weighted by atomic mass is 79.9. The van der Waals surface area contributed by atoms with Crippen LogP contribution >= 0.6 is 27.5 Å². The molecule has 0 radical (unpaired) electrons. The average Bonchev–Trinajstić information content (AvgIpc) is 2.56. The molecule has 0 heterocycles. The standard InChI is InChI=1S/C18H20BrClN2O2/c1-11-4-6-14(20)9-16(11)22-18(23)10-21-12(2)13-5-7-17(24-3)15(19)8-13/h4-9,12,21H,10H2,1-3H3,(H,22,23). The van der Waals surface area contributed by atoms with Crippen molar-refractivity contribution in [3.8, 4) is 5.75 Å². The molecular formula is C18H20BrClN2O2. The number of carbonyl (C=O) groups is 1. The van der Waals surface area contributed by atoms with Gasteiger partial charge in [0, 0.05) is 16.8 Å². The summed E-state index contributed by atoms with van der Waals surface area (Å²) in [5.41, 5.74) is 2.77. The summed E-state index contributed by atoms with van der Waals surface area (Å²) in [4.78, 5) is 12.1. The molecule has 1 amide bonds. The van der Waals surface area contributed by atoms with Gasteiger partial charge in [0.15, 0.2) is 0 Å². The Hall–Kier alpha value is -1.56. The summed E-state index contributed by atoms with van der Waals surface area (Å²) in [5.74, 6) is 0.667. The molecule has 0 bridgehead atoms. The molecule has 2 rings (SSSR count). The topological polar surface area (TPSA) is 50.4 Å². The predicted octanol–water partition coefficient (Wildman–Crippen LogP) is 4.71. The monoisotopic (exact) mass is 410 g/mol. The lowest BCUT2D eigenvalue weighted by Crippen LogP contribution is -2.30. The Kier molecular flexibility index (Phi) is 6.66. The van der Waals surface area contributed by atoms with Crippen molar-refractivity contribution in [2.75, 3.05) is 19.0 Å². The molecular weight excluding hydrogens is 392 g/mol. The smallest absolute Gasteiger partial charge is 0.238 e. The van der Waals surface area contributed by atoms with E-state index in [1.165, 1.54) is 0 Å². The van der Waals surface area contributed by atoms with Crippen molar-refractivity contribution in [2.24, 2.45) is 0 Å². The van der Waals surface area contributed by atoms with Crippen molar-refractivity contribution in [1.29, 1.82) is 0 Å². The van der Waals surface area contributed by atoms with Crippen molar-refractivity contribution in [3.63, 3.8) is 0 Å². The van der Waals surface area contributed by atoms with Gasteiger partial charge in [0.25, 0.3) is 0 Å². The van der Waals surface area contributed by atoms with E-state index in [1.54, 1.807) is 19.2 Å². The first-order valence-corrected chi connectivity index (χ1v) is 8.70. The number of nitrogens with one attached hydrogen (secondary N) is 2. The highest BCUT2D eigenvalue weighted by Crippen LogP contribution is 2.28. The van der Waals surface area contributed by atoms with Crippen LogP contribution < -0.4 is 15.4 Å². The fraction of sp³-hybridized carbons (Fsp3) is 0.278. The molecule has 2 aromatic rings. The van der Waals surface area contributed by atoms with Gasteiger partial charge >= 0.3 is 0 Å². The van der Waals surface area contributed by atoms with Crippen molar-refractivity contribution in [3.05, 3.63) is 57.0 Å². The summed E-state index contributed by atoms with van der Waals surface area (Å²) in [6.07, 6.45) is 0. The molecule has 1 atom stereocenters. The first-order valence-electron chi connectivity index (χ1n) is 7.53. The lowest BCUT2D eigenvalue weighted by Gasteiger charge is -2.16. The molecule has 0 aliphatic heterocycles. The minimum Gasteiger partial charge on any atom is -0.496 e. The molecule has 128 valence electrons. The van der Waals surface area contributed by atoms with Crippen LogP contribution in [0.15, 0.2) is 40.9 Å². The van der Waals surface area contributed by atoms with Gasteiger partial charge < -0.3 is 15.4 Å². The third-order valence-corrected chi connectivity index (χ3v) is 4.57. The quantitative estimate of drug-likeness (QED) is 0.724. The van der Waals surface area contributed by atoms with Gasteiger partial charge in [0.05, 0.1) is 18.1 Å². The van der Waals surface area contributed by atoms with E-state index in [0.29, 0.717) is 5.02 Å². The maximum atomic E-state index is 12.1. The van der Waals surface area contributed by atoms with Gasteiger partial charge in [-0.3, -0.25) is 4.79 Å². The Morgan fingerprint density at radius 3 is 2.71 bits per heavy atom. The maximum absolute atomic E-state index is 12.1. The van der Waals surface area contributed by atoms with E-state index >= 15 is 0 Å². The fourth-order valence-corrected chi connectivity index (χ4v) is 2.97. The summed E-state index contributed by atoms with van der Waals surface area (Å²) in [5, 5.41) is 6.68. The number of carbonyl (C=O) groups excluding carboxylic acids is 1. The number of hydrogen-bond acceptors (Lipinski definition) is 3. The SMILES string of the molecule is COc1ccc(C(C)NCC(=O)Nc2cc(Cl)ccc2C)cc1Br. The van der Waals surface area contributed by atoms with Crippen LogP contribution in [0.4, 0.5) is 5.69 Å². The number of hydrogen-bond donors (Lipinski definition) is 2. The number of rotatable bonds is 6. The van der Waals surface area contributed by atoms with Gasteiger partial charge in [-0.05, 0) is 65.2 Å². The van der Waals surface area contributed by atoms with E-state index in [1.807, 2.05) is 38.1 Å². The van der Waals surface area contributed by atoms with Gasteiger partial charge in [-0.25, -0.2) is 0 Å². The Morgan fingerprint density at radius 2 is 2.04 bits per heavy atom. The summed E-state index contributed by atoms with van der Waals surface area (Å²) in [7, 11) is 1.63. The largest absolute Gasteiger partial charge is 0.496 e. The molecule has 0 saturated heterocycles. The Labute approximate surface area is 155 Å². The van der Waals surface area contributed by atoms with E-state index in [2.05, 4.69) is 26.6 Å². The van der Waals surface area contributed by atoms with Crippen LogP contribution in [0, 0.1) is 6.92 Å². The second-order valence-electron chi connectivity index (χ2n) is 5.50. The third kappa shape index (κ3) is 4.97. The van der Waals surface area contributed by atoms with E-state index in [0.717, 1.165) is 27.0 Å². The number of halogens is 2. The highest BCUT2D eigenvalue weighted by molar-refractivity contribution is 9.10. The minimum atomic E-state index is -0.111. The van der Waals surface area contributed by atoms with Gasteiger partial charge in [-0.2, -0.15) is 0 Å². The average molecular weight is 412 g/mol. The fourth-order valence-electron chi connectivity index (χ4n) is 2.24. The molecule has 0 fully saturated rings. The second-order valence-corrected chi connectivity index (χ2v) is 6.79. The van der Waals surface area contributed by atoms with Crippen LogP contribution in [0.1, 0.15) is 24.1 Å². The number of ether oxygens (including phenoxy) is 1. The molecule has 2 N–H and O–H groups in total. The number of amides is 1. The predicted molar refractivity (Wildman–Crippen MR) is 102 cm³/mol. The van der Waals surface area contributed by atoms with Crippen molar-refractivity contribution in [2.45, 2.75) is 19.9 Å². The van der Waals surface area contributed by atoms with Crippen LogP contribution in [-0.2, 0) is 4.79 Å². The van der Waals surface area contributed by atoms with Crippen LogP contribution in [0.3, 0.4) is 0 Å². The zero-order chi connectivity index (χ0) is 17.7. The Morgan fingerprint density at radius 1 is 1.29 bits per heavy atom. The van der Waals surface area contributed by atoms with E-state index in [4.69, 9.17) is 16.3 Å². The summed E-state index contributed by atoms with van der Waals surface area (Å²) < 4.78 is 6.11. The molecule has 0 spiro atoms. The lowest BCUT2D eigenvalue weighted by molar-refractivity contribution is -0.115. The second kappa shape index (κ2) is 8.51. The van der Waals surface area contributed by atoms with E-state index in [-0.39, 0.29) is 18.5 Å². The third-order valence-electron chi connectivity index (χ3n) is 3.72. The maximum Gasteiger partial charge on any atom is 0.238 e. The zero-order valence-corrected chi connectivity index (χ0v) is 16.2. The van der Waals surface area contributed by atoms with Crippen LogP contribution in [0.25, 0.3) is 0 Å². The molecule has 0 saturated carbocycles. The number of anilines is 1. The zero-order valence-electron chi connectivity index (χ0n) is 13.8. The first kappa shape index (κ1) is 18.8. The molecule has 4 nitrogen and oxygen atoms in total. The van der Waals surface area contributed by atoms with Crippen molar-refractivity contribution < 1.29 is 9.53 Å². The molecule has 0 aliphatic rings. The molecule has 0 aromatic heterocycles. The van der Waals surface area contributed by atoms with E-state index in [9.17, 15) is 4.79 Å². The molecule has 1 unspecified atom stereocenters. The van der Waals surface area contributed by atoms with E-state index < -0.39 is 0 Å². The lowest BCUT2D eigenvalue weighted by atomic mass is 10.1.